The van der Waals surface area contributed by atoms with Gasteiger partial charge in [-0.1, -0.05) is 13.8 Å². The Morgan fingerprint density at radius 2 is 0.941 bits per heavy atom. The van der Waals surface area contributed by atoms with Crippen LogP contribution >= 0.6 is 45.7 Å². The second-order valence-electron chi connectivity index (χ2n) is 2.09. The third-order valence-electron chi connectivity index (χ3n) is 0.664. The molecule has 0 saturated heterocycles. The zero-order valence-electron chi connectivity index (χ0n) is 9.62. The number of thiol groups is 1. The fourth-order valence-electron chi connectivity index (χ4n) is 0. The summed E-state index contributed by atoms with van der Waals surface area (Å²) in [6.45, 7) is 5.06. The SMILES string of the molecule is CC([S-])CN.CC([S-])CN.Cl.Cl.[SH-].[S]=[Ge].[S]=[Ge]. The molecule has 2 atom stereocenters. The molecule has 0 aliphatic carbocycles. The topological polar surface area (TPSA) is 52.0 Å². The van der Waals surface area contributed by atoms with Crippen LogP contribution in [-0.2, 0) is 38.8 Å². The Morgan fingerprint density at radius 3 is 0.941 bits per heavy atom. The zero-order valence-corrected chi connectivity index (χ0v) is 19.6. The minimum absolute atomic E-state index is 0. The third-order valence-corrected chi connectivity index (χ3v) is 1.05. The summed E-state index contributed by atoms with van der Waals surface area (Å²) in [7, 11) is 8.17. The molecule has 17 heavy (non-hydrogen) atoms. The number of hydrogen-bond acceptors (Lipinski definition) is 7. The summed E-state index contributed by atoms with van der Waals surface area (Å²) in [6, 6.07) is 0. The second kappa shape index (κ2) is 50.8. The summed E-state index contributed by atoms with van der Waals surface area (Å²) in [6.07, 6.45) is 0. The standard InChI is InChI=1S/2C3H9NS.2ClH.2GeS.H2S/c2*1-3(5)2-4;;;2*1-2;/h2*3,5H,2,4H2,1H3;2*1H;;;1H2/p-3. The van der Waals surface area contributed by atoms with Crippen LogP contribution in [0.5, 0.6) is 0 Å². The molecule has 4 N–H and O–H groups in total. The molecule has 2 unspecified atom stereocenters. The Hall–Kier alpha value is 3.08. The van der Waals surface area contributed by atoms with Crippen molar-refractivity contribution in [2.75, 3.05) is 13.1 Å². The molecule has 2 nitrogen and oxygen atoms in total. The predicted octanol–water partition coefficient (Wildman–Crippen LogP) is 0.869. The van der Waals surface area contributed by atoms with E-state index in [0.29, 0.717) is 13.1 Å². The maximum atomic E-state index is 5.07. The number of halogens is 2. The Kier molecular flexibility index (Phi) is 128. The fourth-order valence-corrected chi connectivity index (χ4v) is 0. The normalized spacial score (nSPS) is 9.29. The second-order valence-corrected chi connectivity index (χ2v) is 3.70. The quantitative estimate of drug-likeness (QED) is 0.335. The predicted molar refractivity (Wildman–Crippen MR) is 102 cm³/mol. The van der Waals surface area contributed by atoms with Crippen LogP contribution in [0.4, 0.5) is 0 Å². The molecule has 108 valence electrons. The Morgan fingerprint density at radius 1 is 0.882 bits per heavy atom. The van der Waals surface area contributed by atoms with Crippen molar-refractivity contribution in [3.8, 4) is 0 Å². The van der Waals surface area contributed by atoms with E-state index in [2.05, 4.69) is 46.2 Å². The van der Waals surface area contributed by atoms with Gasteiger partial charge in [-0.2, -0.15) is 10.5 Å². The number of hydrogen-bond donors (Lipinski definition) is 2. The number of rotatable bonds is 2. The Labute approximate surface area is 161 Å². The molecule has 0 heterocycles. The van der Waals surface area contributed by atoms with Crippen molar-refractivity contribution in [1.29, 1.82) is 0 Å². The van der Waals surface area contributed by atoms with Crippen LogP contribution in [0.25, 0.3) is 0 Å². The first-order valence-electron chi connectivity index (χ1n) is 3.67. The van der Waals surface area contributed by atoms with Crippen LogP contribution in [0.3, 0.4) is 0 Å². The van der Waals surface area contributed by atoms with Crippen molar-refractivity contribution < 1.29 is 0 Å². The van der Waals surface area contributed by atoms with Gasteiger partial charge in [-0.15, -0.1) is 24.8 Å². The summed E-state index contributed by atoms with van der Waals surface area (Å²) in [5.41, 5.74) is 10.1. The van der Waals surface area contributed by atoms with Gasteiger partial charge in [-0.3, -0.25) is 0 Å². The molecular formula is C6H19Cl2Ge2N2S5-3. The van der Waals surface area contributed by atoms with Crippen molar-refractivity contribution in [3.63, 3.8) is 0 Å². The molecule has 0 spiro atoms. The van der Waals surface area contributed by atoms with Crippen molar-refractivity contribution in [2.45, 2.75) is 24.3 Å². The molecule has 4 radical (unpaired) electrons. The van der Waals surface area contributed by atoms with Crippen LogP contribution < -0.4 is 11.5 Å². The number of nitrogens with two attached hydrogens (primary N) is 2. The van der Waals surface area contributed by atoms with E-state index in [1.54, 1.807) is 29.7 Å². The summed E-state index contributed by atoms with van der Waals surface area (Å²) in [5.74, 6) is 0. The van der Waals surface area contributed by atoms with Crippen molar-refractivity contribution >= 4 is 114 Å². The summed E-state index contributed by atoms with van der Waals surface area (Å²) >= 11 is 12.5. The van der Waals surface area contributed by atoms with Gasteiger partial charge >= 0.3 is 50.6 Å². The monoisotopic (exact) mass is 497 g/mol. The first kappa shape index (κ1) is 42.7. The van der Waals surface area contributed by atoms with E-state index in [-0.39, 0.29) is 48.8 Å². The van der Waals surface area contributed by atoms with E-state index in [4.69, 9.17) is 11.5 Å². The molecule has 0 aliphatic heterocycles. The van der Waals surface area contributed by atoms with E-state index >= 15 is 0 Å². The van der Waals surface area contributed by atoms with E-state index in [0.717, 1.165) is 0 Å². The molecule has 0 amide bonds. The van der Waals surface area contributed by atoms with Gasteiger partial charge in [0.1, 0.15) is 0 Å². The van der Waals surface area contributed by atoms with Crippen LogP contribution in [0.2, 0.25) is 0 Å². The maximum absolute atomic E-state index is 5.07. The molecule has 0 bridgehead atoms. The minimum atomic E-state index is 0. The van der Waals surface area contributed by atoms with Crippen LogP contribution in [0.15, 0.2) is 0 Å². The van der Waals surface area contributed by atoms with Crippen molar-refractivity contribution in [1.82, 2.24) is 0 Å². The van der Waals surface area contributed by atoms with Crippen LogP contribution in [0, 0.1) is 0 Å². The molecule has 0 aliphatic rings. The molecule has 0 saturated carbocycles. The van der Waals surface area contributed by atoms with Crippen LogP contribution in [0.1, 0.15) is 13.8 Å². The molecule has 0 aromatic rings. The van der Waals surface area contributed by atoms with Gasteiger partial charge in [0.05, 0.1) is 0 Å². The van der Waals surface area contributed by atoms with E-state index < -0.39 is 0 Å². The first-order valence-corrected chi connectivity index (χ1v) is 10.6. The molecular weight excluding hydrogens is 477 g/mol. The Bertz CT molecular complexity index is 88.8. The van der Waals surface area contributed by atoms with Gasteiger partial charge in [0.2, 0.25) is 0 Å². The summed E-state index contributed by atoms with van der Waals surface area (Å²) < 4.78 is 0. The molecule has 0 rings (SSSR count). The van der Waals surface area contributed by atoms with Gasteiger partial charge in [-0.05, 0) is 13.1 Å². The van der Waals surface area contributed by atoms with Crippen LogP contribution in [-0.4, -0.2) is 53.3 Å². The zero-order chi connectivity index (χ0) is 12.6. The van der Waals surface area contributed by atoms with E-state index in [1.165, 1.54) is 0 Å². The average Bonchev–Trinajstić information content (AvgIpc) is 2.24. The summed E-state index contributed by atoms with van der Waals surface area (Å²) in [5, 5.41) is 0.491. The molecule has 0 aromatic heterocycles. The first-order chi connectivity index (χ1) is 6.54. The Balaban J connectivity index is -0.0000000160. The van der Waals surface area contributed by atoms with Gasteiger partial charge in [0.25, 0.3) is 0 Å². The molecule has 0 fully saturated rings. The molecule has 0 aromatic carbocycles. The van der Waals surface area contributed by atoms with E-state index in [1.807, 2.05) is 13.8 Å². The van der Waals surface area contributed by atoms with Gasteiger partial charge in [0.15, 0.2) is 0 Å². The van der Waals surface area contributed by atoms with Gasteiger partial charge in [-0.25, -0.2) is 0 Å². The van der Waals surface area contributed by atoms with Crippen molar-refractivity contribution in [2.24, 2.45) is 11.5 Å². The fraction of sp³-hybridized carbons (Fsp3) is 1.00. The third kappa shape index (κ3) is 111. The van der Waals surface area contributed by atoms with Crippen molar-refractivity contribution in [3.05, 3.63) is 0 Å². The molecule has 11 heteroatoms. The summed E-state index contributed by atoms with van der Waals surface area (Å²) in [4.78, 5) is 0. The van der Waals surface area contributed by atoms with E-state index in [9.17, 15) is 0 Å². The average molecular weight is 496 g/mol. The van der Waals surface area contributed by atoms with Gasteiger partial charge < -0.3 is 50.2 Å². The van der Waals surface area contributed by atoms with Gasteiger partial charge in [0, 0.05) is 0 Å².